The summed E-state index contributed by atoms with van der Waals surface area (Å²) in [5.41, 5.74) is 5.21. The van der Waals surface area contributed by atoms with Crippen LogP contribution >= 0.6 is 0 Å². The quantitative estimate of drug-likeness (QED) is 0.768. The van der Waals surface area contributed by atoms with Gasteiger partial charge in [-0.2, -0.15) is 10.2 Å². The van der Waals surface area contributed by atoms with Gasteiger partial charge in [-0.3, -0.25) is 9.78 Å². The molecule has 2 amide bonds. The third-order valence-corrected chi connectivity index (χ3v) is 4.47. The molecule has 1 aliphatic heterocycles. The first-order valence-corrected chi connectivity index (χ1v) is 8.32. The molecule has 1 aromatic carbocycles. The highest BCUT2D eigenvalue weighted by Gasteiger charge is 2.25. The third-order valence-electron chi connectivity index (χ3n) is 4.47. The normalized spacial score (nSPS) is 13.6. The zero-order chi connectivity index (χ0) is 17.2. The Morgan fingerprint density at radius 3 is 2.92 bits per heavy atom. The largest absolute Gasteiger partial charge is 0.334 e. The van der Waals surface area contributed by atoms with Crippen LogP contribution in [0.25, 0.3) is 11.3 Å². The number of hydrogen-bond acceptors (Lipinski definition) is 3. The average molecular weight is 336 g/mol. The highest BCUT2D eigenvalue weighted by molar-refractivity contribution is 5.75. The number of rotatable bonds is 3. The van der Waals surface area contributed by atoms with E-state index in [1.165, 1.54) is 0 Å². The van der Waals surface area contributed by atoms with Gasteiger partial charge in [0.2, 0.25) is 0 Å². The molecule has 1 aliphatic rings. The minimum Gasteiger partial charge on any atom is -0.334 e. The molecule has 0 spiro atoms. The van der Waals surface area contributed by atoms with Gasteiger partial charge in [-0.25, -0.2) is 4.79 Å². The van der Waals surface area contributed by atoms with Gasteiger partial charge in [-0.05, 0) is 0 Å². The fourth-order valence-electron chi connectivity index (χ4n) is 3.16. The Bertz CT molecular complexity index is 882. The second kappa shape index (κ2) is 6.43. The zero-order valence-electron chi connectivity index (χ0n) is 14.1. The van der Waals surface area contributed by atoms with Crippen molar-refractivity contribution in [1.82, 2.24) is 30.2 Å². The van der Waals surface area contributed by atoms with Crippen molar-refractivity contribution < 1.29 is 4.79 Å². The number of carbonyl (C=O) groups is 1. The first-order chi connectivity index (χ1) is 12.2. The lowest BCUT2D eigenvalue weighted by Crippen LogP contribution is -2.42. The predicted octanol–water partition coefficient (Wildman–Crippen LogP) is 2.08. The number of aryl methyl sites for hydroxylation is 1. The van der Waals surface area contributed by atoms with E-state index in [-0.39, 0.29) is 6.03 Å². The van der Waals surface area contributed by atoms with Crippen LogP contribution in [0, 0.1) is 0 Å². The molecular formula is C18H20N6O. The molecule has 0 saturated heterocycles. The van der Waals surface area contributed by atoms with Crippen molar-refractivity contribution in [2.24, 2.45) is 7.05 Å². The van der Waals surface area contributed by atoms with Gasteiger partial charge in [-0.1, -0.05) is 30.3 Å². The highest BCUT2D eigenvalue weighted by atomic mass is 16.2. The lowest BCUT2D eigenvalue weighted by Gasteiger charge is -2.27. The van der Waals surface area contributed by atoms with Crippen molar-refractivity contribution in [3.63, 3.8) is 0 Å². The predicted molar refractivity (Wildman–Crippen MR) is 93.6 cm³/mol. The molecule has 25 heavy (non-hydrogen) atoms. The Hall–Kier alpha value is -3.09. The minimum absolute atomic E-state index is 0.0604. The molecule has 0 radical (unpaired) electrons. The number of urea groups is 1. The van der Waals surface area contributed by atoms with E-state index >= 15 is 0 Å². The number of nitrogens with one attached hydrogen (secondary N) is 2. The molecular weight excluding hydrogens is 316 g/mol. The van der Waals surface area contributed by atoms with Crippen molar-refractivity contribution in [2.75, 3.05) is 6.54 Å². The summed E-state index contributed by atoms with van der Waals surface area (Å²) in [5, 5.41) is 14.7. The van der Waals surface area contributed by atoms with E-state index in [1.54, 1.807) is 10.9 Å². The van der Waals surface area contributed by atoms with Gasteiger partial charge in [0.25, 0.3) is 0 Å². The molecule has 7 heteroatoms. The topological polar surface area (TPSA) is 78.8 Å². The molecule has 0 bridgehead atoms. The summed E-state index contributed by atoms with van der Waals surface area (Å²) in [7, 11) is 1.86. The van der Waals surface area contributed by atoms with Gasteiger partial charge in [-0.15, -0.1) is 0 Å². The van der Waals surface area contributed by atoms with Crippen molar-refractivity contribution in [3.05, 3.63) is 59.5 Å². The summed E-state index contributed by atoms with van der Waals surface area (Å²) < 4.78 is 1.73. The molecule has 128 valence electrons. The average Bonchev–Trinajstić information content (AvgIpc) is 3.26. The summed E-state index contributed by atoms with van der Waals surface area (Å²) >= 11 is 0. The number of carbonyl (C=O) groups excluding carboxylic acids is 1. The van der Waals surface area contributed by atoms with Gasteiger partial charge in [0.15, 0.2) is 0 Å². The number of aromatic nitrogens is 4. The molecule has 0 unspecified atom stereocenters. The minimum atomic E-state index is -0.0604. The van der Waals surface area contributed by atoms with E-state index in [0.29, 0.717) is 19.6 Å². The van der Waals surface area contributed by atoms with Crippen molar-refractivity contribution in [1.29, 1.82) is 0 Å². The van der Waals surface area contributed by atoms with Crippen molar-refractivity contribution in [3.8, 4) is 11.3 Å². The van der Waals surface area contributed by atoms with Gasteiger partial charge in [0.05, 0.1) is 18.4 Å². The van der Waals surface area contributed by atoms with Crippen molar-refractivity contribution >= 4 is 6.03 Å². The summed E-state index contributed by atoms with van der Waals surface area (Å²) in [5.74, 6) is 0. The van der Waals surface area contributed by atoms with E-state index in [9.17, 15) is 4.79 Å². The number of H-pyrrole nitrogens is 1. The standard InChI is InChI=1S/C18H20N6O/c1-23-11-13(10-20-23)9-19-18(25)24-8-7-16-15(12-24)17(22-21-16)14-5-3-2-4-6-14/h2-6,10-11H,7-9,12H2,1H3,(H,19,25)(H,21,22). The number of aromatic amines is 1. The maximum atomic E-state index is 12.5. The fourth-order valence-corrected chi connectivity index (χ4v) is 3.16. The van der Waals surface area contributed by atoms with Crippen LogP contribution in [0.1, 0.15) is 16.8 Å². The molecule has 3 aromatic rings. The molecule has 3 heterocycles. The van der Waals surface area contributed by atoms with Crippen LogP contribution < -0.4 is 5.32 Å². The van der Waals surface area contributed by atoms with E-state index < -0.39 is 0 Å². The van der Waals surface area contributed by atoms with E-state index in [2.05, 4.69) is 20.6 Å². The van der Waals surface area contributed by atoms with Crippen LogP contribution in [-0.2, 0) is 26.6 Å². The smallest absolute Gasteiger partial charge is 0.317 e. The van der Waals surface area contributed by atoms with Gasteiger partial charge >= 0.3 is 6.03 Å². The Labute approximate surface area is 145 Å². The van der Waals surface area contributed by atoms with E-state index in [0.717, 1.165) is 34.5 Å². The first kappa shape index (κ1) is 15.4. The van der Waals surface area contributed by atoms with Crippen molar-refractivity contribution in [2.45, 2.75) is 19.5 Å². The lowest BCUT2D eigenvalue weighted by atomic mass is 10.0. The maximum Gasteiger partial charge on any atom is 0.317 e. The van der Waals surface area contributed by atoms with Crippen LogP contribution in [0.3, 0.4) is 0 Å². The Kier molecular flexibility index (Phi) is 3.97. The van der Waals surface area contributed by atoms with Gasteiger partial charge in [0, 0.05) is 55.1 Å². The first-order valence-electron chi connectivity index (χ1n) is 8.32. The van der Waals surface area contributed by atoms with Crippen LogP contribution in [0.2, 0.25) is 0 Å². The molecule has 0 aliphatic carbocycles. The molecule has 4 rings (SSSR count). The maximum absolute atomic E-state index is 12.5. The highest BCUT2D eigenvalue weighted by Crippen LogP contribution is 2.28. The molecule has 0 saturated carbocycles. The molecule has 7 nitrogen and oxygen atoms in total. The van der Waals surface area contributed by atoms with E-state index in [1.807, 2.05) is 48.5 Å². The Balaban J connectivity index is 1.47. The number of amides is 2. The van der Waals surface area contributed by atoms with Crippen LogP contribution in [0.4, 0.5) is 4.79 Å². The van der Waals surface area contributed by atoms with Gasteiger partial charge in [0.1, 0.15) is 0 Å². The molecule has 0 fully saturated rings. The number of hydrogen-bond donors (Lipinski definition) is 2. The summed E-state index contributed by atoms with van der Waals surface area (Å²) in [6, 6.07) is 10.0. The number of nitrogens with zero attached hydrogens (tertiary/aromatic N) is 4. The number of fused-ring (bicyclic) bond motifs is 1. The second-order valence-electron chi connectivity index (χ2n) is 6.25. The molecule has 2 N–H and O–H groups in total. The molecule has 0 atom stereocenters. The SMILES string of the molecule is Cn1cc(CNC(=O)N2CCc3[nH]nc(-c4ccccc4)c3C2)cn1. The van der Waals surface area contributed by atoms with Gasteiger partial charge < -0.3 is 10.2 Å². The van der Waals surface area contributed by atoms with E-state index in [4.69, 9.17) is 0 Å². The third kappa shape index (κ3) is 3.13. The summed E-state index contributed by atoms with van der Waals surface area (Å²) in [6.45, 7) is 1.73. The number of benzene rings is 1. The summed E-state index contributed by atoms with van der Waals surface area (Å²) in [4.78, 5) is 14.3. The van der Waals surface area contributed by atoms with Crippen LogP contribution in [0.5, 0.6) is 0 Å². The fraction of sp³-hybridized carbons (Fsp3) is 0.278. The molecule has 2 aromatic heterocycles. The van der Waals surface area contributed by atoms with Crippen LogP contribution in [0.15, 0.2) is 42.7 Å². The van der Waals surface area contributed by atoms with Crippen LogP contribution in [-0.4, -0.2) is 37.5 Å². The Morgan fingerprint density at radius 1 is 1.32 bits per heavy atom. The lowest BCUT2D eigenvalue weighted by molar-refractivity contribution is 0.192. The second-order valence-corrected chi connectivity index (χ2v) is 6.25. The summed E-state index contributed by atoms with van der Waals surface area (Å²) in [6.07, 6.45) is 4.45. The Morgan fingerprint density at radius 2 is 2.16 bits per heavy atom. The zero-order valence-corrected chi connectivity index (χ0v) is 14.1. The monoisotopic (exact) mass is 336 g/mol.